The summed E-state index contributed by atoms with van der Waals surface area (Å²) in [4.78, 5) is 28.6. The van der Waals surface area contributed by atoms with Crippen LogP contribution in [0, 0.1) is 0 Å². The smallest absolute Gasteiger partial charge is 0.238 e. The molecule has 1 fully saturated rings. The predicted octanol–water partition coefficient (Wildman–Crippen LogP) is 1.07. The molecule has 10 heteroatoms. The molecule has 1 aliphatic heterocycles. The Morgan fingerprint density at radius 2 is 1.57 bits per heavy atom. The molecule has 2 rings (SSSR count). The number of amides is 2. The van der Waals surface area contributed by atoms with Crippen molar-refractivity contribution in [2.75, 3.05) is 79.1 Å². The maximum atomic E-state index is 12.5. The summed E-state index contributed by atoms with van der Waals surface area (Å²) >= 11 is 6.15. The zero-order valence-electron chi connectivity index (χ0n) is 17.8. The summed E-state index contributed by atoms with van der Waals surface area (Å²) in [6.45, 7) is 4.77. The lowest BCUT2D eigenvalue weighted by molar-refractivity contribution is -0.123. The number of hydrogen-bond donors (Lipinski definition) is 2. The standard InChI is InChI=1S/C20H31ClN4O5/c1-28-10-4-5-22-19(26)13-24-6-8-25(9-7-24)14-20(27)23-16-11-15(21)17(29-2)12-18(16)30-3/h11-12H,4-10,13-14H2,1-3H3,(H,22,26)(H,23,27). The topological polar surface area (TPSA) is 92.4 Å². The lowest BCUT2D eigenvalue weighted by atomic mass is 10.2. The minimum atomic E-state index is -0.154. The van der Waals surface area contributed by atoms with Gasteiger partial charge in [0.15, 0.2) is 0 Å². The van der Waals surface area contributed by atoms with Gasteiger partial charge in [-0.3, -0.25) is 19.4 Å². The van der Waals surface area contributed by atoms with Crippen LogP contribution in [0.25, 0.3) is 0 Å². The van der Waals surface area contributed by atoms with Crippen LogP contribution in [0.4, 0.5) is 5.69 Å². The van der Waals surface area contributed by atoms with E-state index in [2.05, 4.69) is 20.4 Å². The Labute approximate surface area is 182 Å². The van der Waals surface area contributed by atoms with E-state index in [1.54, 1.807) is 19.2 Å². The van der Waals surface area contributed by atoms with Gasteiger partial charge in [0, 0.05) is 52.5 Å². The second kappa shape index (κ2) is 12.6. The summed E-state index contributed by atoms with van der Waals surface area (Å²) in [5, 5.41) is 6.12. The van der Waals surface area contributed by atoms with E-state index in [9.17, 15) is 9.59 Å². The predicted molar refractivity (Wildman–Crippen MR) is 116 cm³/mol. The Morgan fingerprint density at radius 3 is 2.13 bits per heavy atom. The molecule has 0 unspecified atom stereocenters. The third-order valence-electron chi connectivity index (χ3n) is 4.79. The molecular weight excluding hydrogens is 412 g/mol. The minimum absolute atomic E-state index is 0.0146. The van der Waals surface area contributed by atoms with Crippen molar-refractivity contribution in [1.29, 1.82) is 0 Å². The maximum absolute atomic E-state index is 12.5. The van der Waals surface area contributed by atoms with Crippen LogP contribution in [0.15, 0.2) is 12.1 Å². The minimum Gasteiger partial charge on any atom is -0.495 e. The highest BCUT2D eigenvalue weighted by atomic mass is 35.5. The summed E-state index contributed by atoms with van der Waals surface area (Å²) in [6.07, 6.45) is 0.801. The number of benzene rings is 1. The first kappa shape index (κ1) is 24.2. The Kier molecular flexibility index (Phi) is 10.2. The fourth-order valence-corrected chi connectivity index (χ4v) is 3.40. The highest BCUT2D eigenvalue weighted by Crippen LogP contribution is 2.35. The molecule has 168 valence electrons. The SMILES string of the molecule is COCCCNC(=O)CN1CCN(CC(=O)Nc2cc(Cl)c(OC)cc2OC)CC1. The molecule has 9 nitrogen and oxygen atoms in total. The molecule has 0 bridgehead atoms. The van der Waals surface area contributed by atoms with Gasteiger partial charge in [0.1, 0.15) is 11.5 Å². The van der Waals surface area contributed by atoms with Crippen LogP contribution in [0.2, 0.25) is 5.02 Å². The molecule has 1 saturated heterocycles. The van der Waals surface area contributed by atoms with Crippen LogP contribution in [0.1, 0.15) is 6.42 Å². The van der Waals surface area contributed by atoms with Gasteiger partial charge in [-0.2, -0.15) is 0 Å². The molecule has 1 aromatic rings. The molecule has 30 heavy (non-hydrogen) atoms. The molecular formula is C20H31ClN4O5. The van der Waals surface area contributed by atoms with E-state index < -0.39 is 0 Å². The molecule has 0 aliphatic carbocycles. The van der Waals surface area contributed by atoms with Gasteiger partial charge in [0.2, 0.25) is 11.8 Å². The Morgan fingerprint density at radius 1 is 0.967 bits per heavy atom. The van der Waals surface area contributed by atoms with Gasteiger partial charge in [-0.15, -0.1) is 0 Å². The second-order valence-corrected chi connectivity index (χ2v) is 7.39. The Hall–Kier alpha value is -2.07. The normalized spacial score (nSPS) is 14.9. The number of hydrogen-bond acceptors (Lipinski definition) is 7. The number of methoxy groups -OCH3 is 3. The number of halogens is 1. The summed E-state index contributed by atoms with van der Waals surface area (Å²) in [7, 11) is 4.68. The lowest BCUT2D eigenvalue weighted by Gasteiger charge is -2.33. The first-order chi connectivity index (χ1) is 14.5. The van der Waals surface area contributed by atoms with Gasteiger partial charge in [0.05, 0.1) is 38.0 Å². The van der Waals surface area contributed by atoms with Crippen molar-refractivity contribution < 1.29 is 23.8 Å². The largest absolute Gasteiger partial charge is 0.495 e. The number of carbonyl (C=O) groups excluding carboxylic acids is 2. The van der Waals surface area contributed by atoms with E-state index in [-0.39, 0.29) is 18.4 Å². The van der Waals surface area contributed by atoms with Crippen LogP contribution in [-0.2, 0) is 14.3 Å². The molecule has 0 saturated carbocycles. The van der Waals surface area contributed by atoms with Gasteiger partial charge < -0.3 is 24.8 Å². The van der Waals surface area contributed by atoms with Crippen LogP contribution in [0.5, 0.6) is 11.5 Å². The van der Waals surface area contributed by atoms with E-state index in [0.717, 1.165) is 19.5 Å². The lowest BCUT2D eigenvalue weighted by Crippen LogP contribution is -2.51. The molecule has 1 aromatic carbocycles. The van der Waals surface area contributed by atoms with Crippen molar-refractivity contribution in [2.24, 2.45) is 0 Å². The zero-order valence-corrected chi connectivity index (χ0v) is 18.6. The first-order valence-electron chi connectivity index (χ1n) is 9.88. The second-order valence-electron chi connectivity index (χ2n) is 6.98. The summed E-state index contributed by atoms with van der Waals surface area (Å²) in [5.41, 5.74) is 0.497. The zero-order chi connectivity index (χ0) is 21.9. The van der Waals surface area contributed by atoms with Crippen molar-refractivity contribution >= 4 is 29.1 Å². The maximum Gasteiger partial charge on any atom is 0.238 e. The van der Waals surface area contributed by atoms with E-state index in [1.807, 2.05) is 0 Å². The first-order valence-corrected chi connectivity index (χ1v) is 10.3. The van der Waals surface area contributed by atoms with Crippen LogP contribution in [-0.4, -0.2) is 95.4 Å². The van der Waals surface area contributed by atoms with Crippen LogP contribution < -0.4 is 20.1 Å². The molecule has 0 spiro atoms. The van der Waals surface area contributed by atoms with Crippen molar-refractivity contribution in [3.63, 3.8) is 0 Å². The molecule has 0 atom stereocenters. The summed E-state index contributed by atoms with van der Waals surface area (Å²) in [6, 6.07) is 3.25. The number of carbonyl (C=O) groups is 2. The molecule has 2 N–H and O–H groups in total. The van der Waals surface area contributed by atoms with E-state index in [4.69, 9.17) is 25.8 Å². The number of anilines is 1. The van der Waals surface area contributed by atoms with Crippen molar-refractivity contribution in [2.45, 2.75) is 6.42 Å². The average molecular weight is 443 g/mol. The molecule has 1 aliphatic rings. The van der Waals surface area contributed by atoms with Crippen molar-refractivity contribution in [3.8, 4) is 11.5 Å². The summed E-state index contributed by atoms with van der Waals surface area (Å²) in [5.74, 6) is 0.816. The van der Waals surface area contributed by atoms with Gasteiger partial charge in [-0.1, -0.05) is 11.6 Å². The van der Waals surface area contributed by atoms with E-state index in [1.165, 1.54) is 14.2 Å². The number of nitrogens with one attached hydrogen (secondary N) is 2. The van der Waals surface area contributed by atoms with E-state index >= 15 is 0 Å². The fourth-order valence-electron chi connectivity index (χ4n) is 3.16. The van der Waals surface area contributed by atoms with Gasteiger partial charge in [-0.25, -0.2) is 0 Å². The average Bonchev–Trinajstić information content (AvgIpc) is 2.73. The van der Waals surface area contributed by atoms with E-state index in [0.29, 0.717) is 55.0 Å². The number of piperazine rings is 1. The van der Waals surface area contributed by atoms with Gasteiger partial charge >= 0.3 is 0 Å². The third-order valence-corrected chi connectivity index (χ3v) is 5.09. The quantitative estimate of drug-likeness (QED) is 0.495. The molecule has 0 aromatic heterocycles. The van der Waals surface area contributed by atoms with Crippen molar-refractivity contribution in [3.05, 3.63) is 17.2 Å². The monoisotopic (exact) mass is 442 g/mol. The number of rotatable bonds is 11. The molecule has 2 amide bonds. The summed E-state index contributed by atoms with van der Waals surface area (Å²) < 4.78 is 15.4. The highest BCUT2D eigenvalue weighted by molar-refractivity contribution is 6.32. The van der Waals surface area contributed by atoms with Crippen LogP contribution in [0.3, 0.4) is 0 Å². The van der Waals surface area contributed by atoms with Crippen LogP contribution >= 0.6 is 11.6 Å². The number of ether oxygens (including phenoxy) is 3. The highest BCUT2D eigenvalue weighted by Gasteiger charge is 2.21. The molecule has 1 heterocycles. The number of nitrogens with zero attached hydrogens (tertiary/aromatic N) is 2. The van der Waals surface area contributed by atoms with Gasteiger partial charge in [-0.05, 0) is 12.5 Å². The van der Waals surface area contributed by atoms with Gasteiger partial charge in [0.25, 0.3) is 0 Å². The molecule has 0 radical (unpaired) electrons. The Bertz CT molecular complexity index is 711. The Balaban J connectivity index is 1.75. The third kappa shape index (κ3) is 7.64. The fraction of sp³-hybridized carbons (Fsp3) is 0.600. The van der Waals surface area contributed by atoms with Crippen molar-refractivity contribution in [1.82, 2.24) is 15.1 Å².